The van der Waals surface area contributed by atoms with E-state index in [2.05, 4.69) is 10.6 Å². The fourth-order valence-electron chi connectivity index (χ4n) is 2.37. The van der Waals surface area contributed by atoms with Gasteiger partial charge in [-0.2, -0.15) is 0 Å². The lowest BCUT2D eigenvalue weighted by Gasteiger charge is -2.28. The Morgan fingerprint density at radius 1 is 1.53 bits per heavy atom. The van der Waals surface area contributed by atoms with E-state index >= 15 is 0 Å². The highest BCUT2D eigenvalue weighted by molar-refractivity contribution is 7.99. The van der Waals surface area contributed by atoms with E-state index in [-0.39, 0.29) is 18.0 Å². The molecule has 6 heteroatoms. The summed E-state index contributed by atoms with van der Waals surface area (Å²) in [5.74, 6) is 2.43. The zero-order valence-corrected chi connectivity index (χ0v) is 11.9. The lowest BCUT2D eigenvalue weighted by molar-refractivity contribution is -0.123. The van der Waals surface area contributed by atoms with Gasteiger partial charge >= 0.3 is 0 Å². The van der Waals surface area contributed by atoms with Crippen LogP contribution in [0.2, 0.25) is 5.02 Å². The van der Waals surface area contributed by atoms with E-state index in [1.165, 1.54) is 0 Å². The molecule has 4 nitrogen and oxygen atoms in total. The van der Waals surface area contributed by atoms with Crippen molar-refractivity contribution in [2.75, 3.05) is 18.2 Å². The van der Waals surface area contributed by atoms with Crippen molar-refractivity contribution >= 4 is 29.3 Å². The van der Waals surface area contributed by atoms with Crippen LogP contribution in [0.15, 0.2) is 18.2 Å². The molecule has 1 fully saturated rings. The van der Waals surface area contributed by atoms with Gasteiger partial charge in [0, 0.05) is 23.6 Å². The van der Waals surface area contributed by atoms with Crippen molar-refractivity contribution < 1.29 is 9.53 Å². The number of halogens is 1. The molecule has 1 aromatic rings. The van der Waals surface area contributed by atoms with Gasteiger partial charge in [-0.05, 0) is 6.07 Å². The van der Waals surface area contributed by atoms with Gasteiger partial charge in [-0.3, -0.25) is 10.1 Å². The molecule has 1 saturated heterocycles. The number of amides is 1. The molecular formula is C13H15ClN2O2S. The van der Waals surface area contributed by atoms with E-state index in [1.54, 1.807) is 17.8 Å². The summed E-state index contributed by atoms with van der Waals surface area (Å²) in [6.45, 7) is 0.578. The Morgan fingerprint density at radius 2 is 2.42 bits per heavy atom. The quantitative estimate of drug-likeness (QED) is 0.876. The molecule has 0 bridgehead atoms. The summed E-state index contributed by atoms with van der Waals surface area (Å²) in [6, 6.07) is 5.55. The Kier molecular flexibility index (Phi) is 3.86. The minimum absolute atomic E-state index is 0.0117. The second kappa shape index (κ2) is 5.61. The number of hydrogen-bond acceptors (Lipinski definition) is 4. The molecule has 0 spiro atoms. The van der Waals surface area contributed by atoms with Crippen molar-refractivity contribution in [2.24, 2.45) is 0 Å². The first-order chi connectivity index (χ1) is 9.25. The maximum Gasteiger partial charge on any atom is 0.238 e. The first kappa shape index (κ1) is 13.1. The van der Waals surface area contributed by atoms with Gasteiger partial charge in [-0.1, -0.05) is 23.7 Å². The molecule has 19 heavy (non-hydrogen) atoms. The van der Waals surface area contributed by atoms with Crippen molar-refractivity contribution in [1.29, 1.82) is 0 Å². The van der Waals surface area contributed by atoms with Crippen LogP contribution in [0.25, 0.3) is 0 Å². The summed E-state index contributed by atoms with van der Waals surface area (Å²) in [5, 5.41) is 6.87. The summed E-state index contributed by atoms with van der Waals surface area (Å²) in [6.07, 6.45) is 0.777. The van der Waals surface area contributed by atoms with Crippen LogP contribution < -0.4 is 15.4 Å². The van der Waals surface area contributed by atoms with Crippen LogP contribution in [0.4, 0.5) is 0 Å². The predicted molar refractivity (Wildman–Crippen MR) is 76.7 cm³/mol. The van der Waals surface area contributed by atoms with Gasteiger partial charge in [-0.25, -0.2) is 0 Å². The SMILES string of the molecule is O=C(NC1CCOc2c(Cl)cccc21)C1CSCN1. The Bertz CT molecular complexity index is 492. The van der Waals surface area contributed by atoms with E-state index in [1.807, 2.05) is 12.1 Å². The normalized spacial score (nSPS) is 25.5. The Hall–Kier alpha value is -0.910. The van der Waals surface area contributed by atoms with Crippen LogP contribution in [-0.2, 0) is 4.79 Å². The molecule has 0 radical (unpaired) electrons. The molecule has 3 rings (SSSR count). The summed E-state index contributed by atoms with van der Waals surface area (Å²) < 4.78 is 5.59. The first-order valence-electron chi connectivity index (χ1n) is 6.28. The number of para-hydroxylation sites is 1. The average molecular weight is 299 g/mol. The molecule has 102 valence electrons. The number of carbonyl (C=O) groups excluding carboxylic acids is 1. The summed E-state index contributed by atoms with van der Waals surface area (Å²) >= 11 is 7.86. The number of nitrogens with one attached hydrogen (secondary N) is 2. The predicted octanol–water partition coefficient (Wildman–Crippen LogP) is 1.94. The van der Waals surface area contributed by atoms with Crippen LogP contribution in [0, 0.1) is 0 Å². The molecule has 1 amide bonds. The number of hydrogen-bond donors (Lipinski definition) is 2. The van der Waals surface area contributed by atoms with Gasteiger partial charge in [0.2, 0.25) is 5.91 Å². The fraction of sp³-hybridized carbons (Fsp3) is 0.462. The zero-order valence-electron chi connectivity index (χ0n) is 10.3. The summed E-state index contributed by atoms with van der Waals surface area (Å²) in [5.41, 5.74) is 0.970. The van der Waals surface area contributed by atoms with E-state index in [0.717, 1.165) is 23.6 Å². The van der Waals surface area contributed by atoms with Crippen LogP contribution in [0.5, 0.6) is 5.75 Å². The van der Waals surface area contributed by atoms with Crippen LogP contribution in [-0.4, -0.2) is 30.2 Å². The number of fused-ring (bicyclic) bond motifs is 1. The molecule has 0 saturated carbocycles. The third-order valence-electron chi connectivity index (χ3n) is 3.38. The van der Waals surface area contributed by atoms with E-state index in [4.69, 9.17) is 16.3 Å². The maximum absolute atomic E-state index is 12.1. The van der Waals surface area contributed by atoms with E-state index in [0.29, 0.717) is 17.4 Å². The second-order valence-corrected chi connectivity index (χ2v) is 6.07. The molecule has 2 heterocycles. The highest BCUT2D eigenvalue weighted by atomic mass is 35.5. The second-order valence-electron chi connectivity index (χ2n) is 4.63. The molecule has 1 aromatic carbocycles. The van der Waals surface area contributed by atoms with Crippen LogP contribution in [0.3, 0.4) is 0 Å². The van der Waals surface area contributed by atoms with Crippen molar-refractivity contribution in [3.05, 3.63) is 28.8 Å². The minimum atomic E-state index is -0.0875. The Morgan fingerprint density at radius 3 is 3.21 bits per heavy atom. The zero-order chi connectivity index (χ0) is 13.2. The average Bonchev–Trinajstić information content (AvgIpc) is 2.94. The third kappa shape index (κ3) is 2.68. The topological polar surface area (TPSA) is 50.4 Å². The van der Waals surface area contributed by atoms with Gasteiger partial charge in [0.05, 0.1) is 23.7 Å². The lowest BCUT2D eigenvalue weighted by Crippen LogP contribution is -2.44. The van der Waals surface area contributed by atoms with Crippen molar-refractivity contribution in [3.8, 4) is 5.75 Å². The van der Waals surface area contributed by atoms with Gasteiger partial charge in [0.1, 0.15) is 5.75 Å². The smallest absolute Gasteiger partial charge is 0.238 e. The van der Waals surface area contributed by atoms with Crippen molar-refractivity contribution in [2.45, 2.75) is 18.5 Å². The van der Waals surface area contributed by atoms with Crippen molar-refractivity contribution in [1.82, 2.24) is 10.6 Å². The van der Waals surface area contributed by atoms with Gasteiger partial charge in [-0.15, -0.1) is 11.8 Å². The maximum atomic E-state index is 12.1. The highest BCUT2D eigenvalue weighted by Gasteiger charge is 2.28. The van der Waals surface area contributed by atoms with Gasteiger partial charge < -0.3 is 10.1 Å². The van der Waals surface area contributed by atoms with Gasteiger partial charge in [0.25, 0.3) is 0 Å². The number of carbonyl (C=O) groups is 1. The summed E-state index contributed by atoms with van der Waals surface area (Å²) in [4.78, 5) is 12.1. The number of thioether (sulfide) groups is 1. The molecule has 2 aliphatic rings. The van der Waals surface area contributed by atoms with E-state index in [9.17, 15) is 4.79 Å². The number of ether oxygens (including phenoxy) is 1. The fourth-order valence-corrected chi connectivity index (χ4v) is 3.55. The first-order valence-corrected chi connectivity index (χ1v) is 7.81. The summed E-state index contributed by atoms with van der Waals surface area (Å²) in [7, 11) is 0. The molecule has 2 atom stereocenters. The Balaban J connectivity index is 1.76. The number of rotatable bonds is 2. The standard InChI is InChI=1S/C13H15ClN2O2S/c14-9-3-1-2-8-10(4-5-18-12(8)9)16-13(17)11-6-19-7-15-11/h1-3,10-11,15H,4-7H2,(H,16,17). The monoisotopic (exact) mass is 298 g/mol. The molecule has 2 N–H and O–H groups in total. The highest BCUT2D eigenvalue weighted by Crippen LogP contribution is 2.37. The minimum Gasteiger partial charge on any atom is -0.492 e. The van der Waals surface area contributed by atoms with Gasteiger partial charge in [0.15, 0.2) is 0 Å². The lowest BCUT2D eigenvalue weighted by atomic mass is 10.00. The van der Waals surface area contributed by atoms with Crippen LogP contribution in [0.1, 0.15) is 18.0 Å². The Labute approximate surface area is 121 Å². The van der Waals surface area contributed by atoms with E-state index < -0.39 is 0 Å². The molecule has 0 aromatic heterocycles. The number of benzene rings is 1. The van der Waals surface area contributed by atoms with Crippen LogP contribution >= 0.6 is 23.4 Å². The molecule has 0 aliphatic carbocycles. The molecular weight excluding hydrogens is 284 g/mol. The van der Waals surface area contributed by atoms with Crippen molar-refractivity contribution in [3.63, 3.8) is 0 Å². The third-order valence-corrected chi connectivity index (χ3v) is 4.61. The largest absolute Gasteiger partial charge is 0.492 e. The molecule has 2 unspecified atom stereocenters. The molecule has 2 aliphatic heterocycles.